The lowest BCUT2D eigenvalue weighted by Gasteiger charge is -2.36. The normalized spacial score (nSPS) is 14.4. The van der Waals surface area contributed by atoms with Crippen LogP contribution in [0, 0.1) is 13.8 Å². The van der Waals surface area contributed by atoms with Gasteiger partial charge in [-0.05, 0) is 50.2 Å². The maximum Gasteiger partial charge on any atom is 0.257 e. The molecule has 1 aromatic heterocycles. The lowest BCUT2D eigenvalue weighted by Crippen LogP contribution is -2.49. The second kappa shape index (κ2) is 7.68. The van der Waals surface area contributed by atoms with Gasteiger partial charge in [0.1, 0.15) is 0 Å². The van der Waals surface area contributed by atoms with Crippen molar-refractivity contribution in [3.63, 3.8) is 0 Å². The number of halogens is 1. The summed E-state index contributed by atoms with van der Waals surface area (Å²) in [6.45, 7) is 6.86. The molecule has 4 rings (SSSR count). The monoisotopic (exact) mass is 394 g/mol. The largest absolute Gasteiger partial charge is 0.368 e. The van der Waals surface area contributed by atoms with Gasteiger partial charge in [-0.3, -0.25) is 4.79 Å². The van der Waals surface area contributed by atoms with Gasteiger partial charge in [0.25, 0.3) is 5.91 Å². The number of rotatable bonds is 3. The van der Waals surface area contributed by atoms with E-state index in [4.69, 9.17) is 11.6 Å². The average Bonchev–Trinajstić information content (AvgIpc) is 3.03. The predicted octanol–water partition coefficient (Wildman–Crippen LogP) is 4.10. The fourth-order valence-corrected chi connectivity index (χ4v) is 3.88. The molecule has 0 radical (unpaired) electrons. The summed E-state index contributed by atoms with van der Waals surface area (Å²) in [5.74, 6) is 0.0629. The van der Waals surface area contributed by atoms with E-state index in [0.717, 1.165) is 40.9 Å². The quantitative estimate of drug-likeness (QED) is 0.671. The molecule has 3 aromatic rings. The van der Waals surface area contributed by atoms with Crippen molar-refractivity contribution in [3.05, 3.63) is 76.6 Å². The van der Waals surface area contributed by atoms with E-state index >= 15 is 0 Å². The van der Waals surface area contributed by atoms with Crippen molar-refractivity contribution in [1.29, 1.82) is 0 Å². The zero-order valence-corrected chi connectivity index (χ0v) is 16.9. The molecule has 28 heavy (non-hydrogen) atoms. The minimum Gasteiger partial charge on any atom is -0.368 e. The lowest BCUT2D eigenvalue weighted by molar-refractivity contribution is 0.0745. The van der Waals surface area contributed by atoms with Crippen LogP contribution in [0.15, 0.2) is 54.6 Å². The molecule has 6 heteroatoms. The zero-order chi connectivity index (χ0) is 19.7. The first-order valence-electron chi connectivity index (χ1n) is 9.46. The number of amides is 1. The molecule has 0 spiro atoms. The highest BCUT2D eigenvalue weighted by molar-refractivity contribution is 6.30. The molecule has 0 saturated carbocycles. The molecule has 0 bridgehead atoms. The van der Waals surface area contributed by atoms with E-state index in [0.29, 0.717) is 18.7 Å². The van der Waals surface area contributed by atoms with Gasteiger partial charge in [0.15, 0.2) is 0 Å². The number of carbonyl (C=O) groups is 1. The SMILES string of the molecule is Cc1nn(-c2ccccc2)c(C)c1C(=O)N1CCN(c2ccc(Cl)cc2)CC1. The molecule has 0 unspecified atom stereocenters. The third-order valence-corrected chi connectivity index (χ3v) is 5.52. The Balaban J connectivity index is 1.50. The highest BCUT2D eigenvalue weighted by Gasteiger charge is 2.27. The summed E-state index contributed by atoms with van der Waals surface area (Å²) in [4.78, 5) is 17.4. The van der Waals surface area contributed by atoms with Crippen molar-refractivity contribution < 1.29 is 4.79 Å². The van der Waals surface area contributed by atoms with Crippen molar-refractivity contribution in [2.45, 2.75) is 13.8 Å². The van der Waals surface area contributed by atoms with Crippen LogP contribution in [0.4, 0.5) is 5.69 Å². The summed E-state index contributed by atoms with van der Waals surface area (Å²) in [7, 11) is 0. The van der Waals surface area contributed by atoms with Gasteiger partial charge >= 0.3 is 0 Å². The molecule has 0 atom stereocenters. The number of aryl methyl sites for hydroxylation is 1. The Hall–Kier alpha value is -2.79. The smallest absolute Gasteiger partial charge is 0.257 e. The van der Waals surface area contributed by atoms with Gasteiger partial charge in [-0.25, -0.2) is 4.68 Å². The van der Waals surface area contributed by atoms with Gasteiger partial charge in [-0.1, -0.05) is 29.8 Å². The maximum absolute atomic E-state index is 13.2. The van der Waals surface area contributed by atoms with E-state index in [1.807, 2.05) is 78.0 Å². The van der Waals surface area contributed by atoms with Crippen LogP contribution in [0.1, 0.15) is 21.7 Å². The summed E-state index contributed by atoms with van der Waals surface area (Å²) in [5.41, 5.74) is 4.47. The average molecular weight is 395 g/mol. The molecule has 1 fully saturated rings. The van der Waals surface area contributed by atoms with Gasteiger partial charge in [0, 0.05) is 36.9 Å². The van der Waals surface area contributed by atoms with Crippen LogP contribution in [-0.2, 0) is 0 Å². The Labute approximate surface area is 170 Å². The molecule has 1 amide bonds. The summed E-state index contributed by atoms with van der Waals surface area (Å²) in [5, 5.41) is 5.35. The fraction of sp³-hybridized carbons (Fsp3) is 0.273. The third kappa shape index (κ3) is 3.50. The first-order chi connectivity index (χ1) is 13.5. The number of nitrogens with zero attached hydrogens (tertiary/aromatic N) is 4. The molecule has 144 valence electrons. The second-order valence-corrected chi connectivity index (χ2v) is 7.49. The Morgan fingerprint density at radius 1 is 0.893 bits per heavy atom. The van der Waals surface area contributed by atoms with Crippen molar-refractivity contribution in [3.8, 4) is 5.69 Å². The van der Waals surface area contributed by atoms with Gasteiger partial charge in [0.05, 0.1) is 22.6 Å². The molecular weight excluding hydrogens is 372 g/mol. The number of carbonyl (C=O) groups excluding carboxylic acids is 1. The number of aromatic nitrogens is 2. The number of hydrogen-bond acceptors (Lipinski definition) is 3. The van der Waals surface area contributed by atoms with Crippen LogP contribution < -0.4 is 4.90 Å². The van der Waals surface area contributed by atoms with Crippen molar-refractivity contribution in [2.75, 3.05) is 31.1 Å². The zero-order valence-electron chi connectivity index (χ0n) is 16.1. The van der Waals surface area contributed by atoms with E-state index in [-0.39, 0.29) is 5.91 Å². The molecule has 2 aromatic carbocycles. The Kier molecular flexibility index (Phi) is 5.09. The predicted molar refractivity (Wildman–Crippen MR) is 113 cm³/mol. The minimum absolute atomic E-state index is 0.0629. The Morgan fingerprint density at radius 2 is 1.54 bits per heavy atom. The van der Waals surface area contributed by atoms with Crippen LogP contribution in [0.25, 0.3) is 5.69 Å². The second-order valence-electron chi connectivity index (χ2n) is 7.05. The van der Waals surface area contributed by atoms with Crippen LogP contribution in [0.5, 0.6) is 0 Å². The molecule has 0 N–H and O–H groups in total. The van der Waals surface area contributed by atoms with E-state index in [1.54, 1.807) is 0 Å². The number of hydrogen-bond donors (Lipinski definition) is 0. The molecule has 1 saturated heterocycles. The van der Waals surface area contributed by atoms with Gasteiger partial charge in [-0.15, -0.1) is 0 Å². The Bertz CT molecular complexity index is 974. The van der Waals surface area contributed by atoms with E-state index in [9.17, 15) is 4.79 Å². The van der Waals surface area contributed by atoms with E-state index in [1.165, 1.54) is 0 Å². The maximum atomic E-state index is 13.2. The number of piperazine rings is 1. The van der Waals surface area contributed by atoms with Crippen LogP contribution in [-0.4, -0.2) is 46.8 Å². The minimum atomic E-state index is 0.0629. The van der Waals surface area contributed by atoms with Crippen LogP contribution in [0.2, 0.25) is 5.02 Å². The van der Waals surface area contributed by atoms with Gasteiger partial charge < -0.3 is 9.80 Å². The summed E-state index contributed by atoms with van der Waals surface area (Å²) < 4.78 is 1.85. The van der Waals surface area contributed by atoms with Crippen molar-refractivity contribution in [1.82, 2.24) is 14.7 Å². The molecule has 1 aliphatic heterocycles. The lowest BCUT2D eigenvalue weighted by atomic mass is 10.1. The summed E-state index contributed by atoms with van der Waals surface area (Å²) in [6.07, 6.45) is 0. The van der Waals surface area contributed by atoms with Crippen molar-refractivity contribution >= 4 is 23.2 Å². The number of benzene rings is 2. The standard InChI is InChI=1S/C22H23ClN4O/c1-16-21(17(2)27(24-16)20-6-4-3-5-7-20)22(28)26-14-12-25(13-15-26)19-10-8-18(23)9-11-19/h3-11H,12-15H2,1-2H3. The summed E-state index contributed by atoms with van der Waals surface area (Å²) >= 11 is 5.98. The third-order valence-electron chi connectivity index (χ3n) is 5.26. The van der Waals surface area contributed by atoms with Crippen molar-refractivity contribution in [2.24, 2.45) is 0 Å². The molecular formula is C22H23ClN4O. The molecule has 1 aliphatic rings. The molecule has 2 heterocycles. The number of anilines is 1. The summed E-state index contributed by atoms with van der Waals surface area (Å²) in [6, 6.07) is 17.8. The molecule has 0 aliphatic carbocycles. The van der Waals surface area contributed by atoms with Gasteiger partial charge in [0.2, 0.25) is 0 Å². The van der Waals surface area contributed by atoms with E-state index in [2.05, 4.69) is 10.00 Å². The fourth-order valence-electron chi connectivity index (χ4n) is 3.75. The highest BCUT2D eigenvalue weighted by Crippen LogP contribution is 2.23. The highest BCUT2D eigenvalue weighted by atomic mass is 35.5. The number of para-hydroxylation sites is 1. The van der Waals surface area contributed by atoms with Crippen LogP contribution >= 0.6 is 11.6 Å². The van der Waals surface area contributed by atoms with Gasteiger partial charge in [-0.2, -0.15) is 5.10 Å². The first kappa shape index (κ1) is 18.6. The van der Waals surface area contributed by atoms with Crippen LogP contribution in [0.3, 0.4) is 0 Å². The topological polar surface area (TPSA) is 41.4 Å². The Morgan fingerprint density at radius 3 is 2.18 bits per heavy atom. The van der Waals surface area contributed by atoms with E-state index < -0.39 is 0 Å². The molecule has 5 nitrogen and oxygen atoms in total. The first-order valence-corrected chi connectivity index (χ1v) is 9.84.